The van der Waals surface area contributed by atoms with Crippen LogP contribution in [0.2, 0.25) is 0 Å². The lowest BCUT2D eigenvalue weighted by molar-refractivity contribution is 0.0696. The van der Waals surface area contributed by atoms with Gasteiger partial charge in [0.15, 0.2) is 0 Å². The van der Waals surface area contributed by atoms with Crippen LogP contribution >= 0.6 is 15.9 Å². The minimum atomic E-state index is -1.37. The van der Waals surface area contributed by atoms with E-state index in [1.54, 1.807) is 0 Å². The smallest absolute Gasteiger partial charge is 0.339 e. The first-order valence-electron chi connectivity index (χ1n) is 4.78. The second-order valence-corrected chi connectivity index (χ2v) is 4.13. The maximum absolute atomic E-state index is 13.4. The minimum Gasteiger partial charge on any atom is -0.478 e. The van der Waals surface area contributed by atoms with Crippen molar-refractivity contribution in [2.24, 2.45) is 5.10 Å². The molecule has 0 aliphatic rings. The summed E-state index contributed by atoms with van der Waals surface area (Å²) in [6.45, 7) is 1.47. The number of nitrogens with one attached hydrogen (secondary N) is 1. The van der Waals surface area contributed by atoms with E-state index in [0.29, 0.717) is 0 Å². The molecule has 0 atom stereocenters. The largest absolute Gasteiger partial charge is 0.478 e. The van der Waals surface area contributed by atoms with Crippen LogP contribution in [0.25, 0.3) is 0 Å². The van der Waals surface area contributed by atoms with Gasteiger partial charge in [0.25, 0.3) is 0 Å². The van der Waals surface area contributed by atoms with E-state index >= 15 is 0 Å². The summed E-state index contributed by atoms with van der Waals surface area (Å²) < 4.78 is 13.2. The lowest BCUT2D eigenvalue weighted by atomic mass is 10.1. The Balaban J connectivity index is 3.41. The summed E-state index contributed by atoms with van der Waals surface area (Å²) in [5.41, 5.74) is 1.74. The third-order valence-electron chi connectivity index (χ3n) is 2.12. The van der Waals surface area contributed by atoms with Crippen LogP contribution in [0.3, 0.4) is 0 Å². The quantitative estimate of drug-likeness (QED) is 0.655. The highest BCUT2D eigenvalue weighted by Gasteiger charge is 2.20. The van der Waals surface area contributed by atoms with Gasteiger partial charge in [0.2, 0.25) is 5.71 Å². The molecule has 0 spiro atoms. The molecule has 0 radical (unpaired) electrons. The van der Waals surface area contributed by atoms with Crippen LogP contribution in [0.15, 0.2) is 15.6 Å². The first-order chi connectivity index (χ1) is 8.92. The van der Waals surface area contributed by atoms with E-state index in [0.717, 1.165) is 6.07 Å². The van der Waals surface area contributed by atoms with Gasteiger partial charge in [0.05, 0.1) is 10.2 Å². The van der Waals surface area contributed by atoms with Gasteiger partial charge in [-0.1, -0.05) is 0 Å². The van der Waals surface area contributed by atoms with E-state index in [-0.39, 0.29) is 21.3 Å². The van der Waals surface area contributed by atoms with Crippen LogP contribution in [-0.4, -0.2) is 16.8 Å². The molecule has 0 aliphatic carbocycles. The van der Waals surface area contributed by atoms with Gasteiger partial charge in [-0.2, -0.15) is 15.6 Å². The van der Waals surface area contributed by atoms with Crippen LogP contribution in [0.1, 0.15) is 15.9 Å². The molecule has 0 unspecified atom stereocenters. The minimum absolute atomic E-state index is 0.00350. The molecule has 0 aliphatic heterocycles. The number of nitrogens with zero attached hydrogens (tertiary/aromatic N) is 3. The first kappa shape index (κ1) is 14.6. The Hall–Kier alpha value is -2.45. The first-order valence-corrected chi connectivity index (χ1v) is 5.57. The lowest BCUT2D eigenvalue weighted by Gasteiger charge is -2.11. The maximum Gasteiger partial charge on any atom is 0.339 e. The molecule has 0 heterocycles. The Morgan fingerprint density at radius 1 is 1.53 bits per heavy atom. The van der Waals surface area contributed by atoms with Crippen LogP contribution in [-0.2, 0) is 0 Å². The number of aromatic carboxylic acids is 1. The molecule has 96 valence electrons. The molecule has 19 heavy (non-hydrogen) atoms. The number of aryl methyl sites for hydroxylation is 1. The SMILES string of the molecule is Cc1cc(F)c(Br)c(C(=O)O)c1NN=C(C#N)C#N. The monoisotopic (exact) mass is 324 g/mol. The Morgan fingerprint density at radius 2 is 2.11 bits per heavy atom. The summed E-state index contributed by atoms with van der Waals surface area (Å²) in [7, 11) is 0. The molecule has 1 rings (SSSR count). The van der Waals surface area contributed by atoms with E-state index in [1.807, 2.05) is 0 Å². The Labute approximate surface area is 115 Å². The van der Waals surface area contributed by atoms with E-state index in [4.69, 9.17) is 15.6 Å². The van der Waals surface area contributed by atoms with Crippen molar-refractivity contribution >= 4 is 33.3 Å². The zero-order valence-corrected chi connectivity index (χ0v) is 11.1. The van der Waals surface area contributed by atoms with E-state index < -0.39 is 17.5 Å². The molecular formula is C11H6BrFN4O2. The second kappa shape index (κ2) is 5.94. The normalized spacial score (nSPS) is 9.11. The summed E-state index contributed by atoms with van der Waals surface area (Å²) in [6.07, 6.45) is 0. The molecule has 2 N–H and O–H groups in total. The number of hydrogen-bond donors (Lipinski definition) is 2. The van der Waals surface area contributed by atoms with Crippen molar-refractivity contribution in [3.8, 4) is 12.1 Å². The van der Waals surface area contributed by atoms with Crippen molar-refractivity contribution in [3.63, 3.8) is 0 Å². The molecule has 1 aromatic carbocycles. The average Bonchev–Trinajstić information content (AvgIpc) is 2.35. The van der Waals surface area contributed by atoms with Crippen molar-refractivity contribution < 1.29 is 14.3 Å². The van der Waals surface area contributed by atoms with Gasteiger partial charge >= 0.3 is 5.97 Å². The van der Waals surface area contributed by atoms with Crippen LogP contribution < -0.4 is 5.43 Å². The summed E-state index contributed by atoms with van der Waals surface area (Å²) in [5.74, 6) is -2.10. The van der Waals surface area contributed by atoms with Crippen LogP contribution in [0, 0.1) is 35.4 Å². The molecule has 1 aromatic rings. The average molecular weight is 325 g/mol. The summed E-state index contributed by atoms with van der Waals surface area (Å²) >= 11 is 2.83. The second-order valence-electron chi connectivity index (χ2n) is 3.34. The molecule has 0 fully saturated rings. The summed E-state index contributed by atoms with van der Waals surface area (Å²) in [4.78, 5) is 11.1. The van der Waals surface area contributed by atoms with Crippen LogP contribution in [0.4, 0.5) is 10.1 Å². The zero-order chi connectivity index (χ0) is 14.6. The molecular weight excluding hydrogens is 319 g/mol. The number of halogens is 2. The van der Waals surface area contributed by atoms with Crippen molar-refractivity contribution in [2.75, 3.05) is 5.43 Å². The zero-order valence-electron chi connectivity index (χ0n) is 9.53. The number of hydrazone groups is 1. The molecule has 0 aromatic heterocycles. The summed E-state index contributed by atoms with van der Waals surface area (Å²) in [5, 5.41) is 29.5. The Morgan fingerprint density at radius 3 is 2.58 bits per heavy atom. The third-order valence-corrected chi connectivity index (χ3v) is 2.90. The fourth-order valence-electron chi connectivity index (χ4n) is 1.28. The summed E-state index contributed by atoms with van der Waals surface area (Å²) in [6, 6.07) is 4.12. The van der Waals surface area contributed by atoms with E-state index in [9.17, 15) is 9.18 Å². The predicted molar refractivity (Wildman–Crippen MR) is 68.1 cm³/mol. The van der Waals surface area contributed by atoms with Crippen molar-refractivity contribution in [3.05, 3.63) is 27.5 Å². The maximum atomic E-state index is 13.4. The highest BCUT2D eigenvalue weighted by molar-refractivity contribution is 9.10. The molecule has 0 amide bonds. The van der Waals surface area contributed by atoms with E-state index in [1.165, 1.54) is 19.1 Å². The van der Waals surface area contributed by atoms with E-state index in [2.05, 4.69) is 26.5 Å². The third kappa shape index (κ3) is 3.06. The predicted octanol–water partition coefficient (Wildman–Crippen LogP) is 2.41. The number of hydrogen-bond acceptors (Lipinski definition) is 5. The number of nitriles is 2. The number of carboxylic acid groups (broad SMARTS) is 1. The van der Waals surface area contributed by atoms with Gasteiger partial charge < -0.3 is 5.11 Å². The molecule has 0 bridgehead atoms. The van der Waals surface area contributed by atoms with Gasteiger partial charge in [0.1, 0.15) is 23.5 Å². The number of rotatable bonds is 3. The standard InChI is InChI=1S/C11H6BrFN4O2/c1-5-2-7(13)9(12)8(11(18)19)10(5)17-16-6(3-14)4-15/h2,17H,1H3,(H,18,19). The highest BCUT2D eigenvalue weighted by Crippen LogP contribution is 2.31. The number of carbonyl (C=O) groups is 1. The van der Waals surface area contributed by atoms with Crippen molar-refractivity contribution in [2.45, 2.75) is 6.92 Å². The van der Waals surface area contributed by atoms with Gasteiger partial charge in [-0.05, 0) is 34.5 Å². The van der Waals surface area contributed by atoms with Crippen molar-refractivity contribution in [1.82, 2.24) is 0 Å². The number of carboxylic acids is 1. The molecule has 0 saturated carbocycles. The van der Waals surface area contributed by atoms with Gasteiger partial charge in [0, 0.05) is 0 Å². The fourth-order valence-corrected chi connectivity index (χ4v) is 1.77. The van der Waals surface area contributed by atoms with Crippen molar-refractivity contribution in [1.29, 1.82) is 10.5 Å². The number of anilines is 1. The lowest BCUT2D eigenvalue weighted by Crippen LogP contribution is -2.08. The number of benzene rings is 1. The molecule has 8 heteroatoms. The highest BCUT2D eigenvalue weighted by atomic mass is 79.9. The van der Waals surface area contributed by atoms with Gasteiger partial charge in [-0.25, -0.2) is 9.18 Å². The Kier molecular flexibility index (Phi) is 4.56. The van der Waals surface area contributed by atoms with Crippen LogP contribution in [0.5, 0.6) is 0 Å². The molecule has 0 saturated heterocycles. The fraction of sp³-hybridized carbons (Fsp3) is 0.0909. The Bertz CT molecular complexity index is 642. The topological polar surface area (TPSA) is 109 Å². The molecule has 6 nitrogen and oxygen atoms in total. The van der Waals surface area contributed by atoms with Gasteiger partial charge in [-0.15, -0.1) is 0 Å². The van der Waals surface area contributed by atoms with Gasteiger partial charge in [-0.3, -0.25) is 5.43 Å².